The molecule has 0 saturated carbocycles. The molecule has 0 amide bonds. The van der Waals surface area contributed by atoms with Crippen LogP contribution in [0.15, 0.2) is 29.1 Å². The number of aromatic nitrogens is 2. The number of halogens is 1. The number of piperidine rings is 1. The normalized spacial score (nSPS) is 15.3. The average molecular weight is 432 g/mol. The molecule has 1 aliphatic rings. The molecular formula is C23H30ClN3O3. The van der Waals surface area contributed by atoms with E-state index in [4.69, 9.17) is 16.3 Å². The number of benzene rings is 1. The minimum absolute atomic E-state index is 0.166. The third kappa shape index (κ3) is 5.22. The molecule has 1 saturated heterocycles. The molecule has 0 aliphatic carbocycles. The molecule has 0 unspecified atom stereocenters. The van der Waals surface area contributed by atoms with E-state index in [9.17, 15) is 9.59 Å². The van der Waals surface area contributed by atoms with E-state index < -0.39 is 5.60 Å². The standard InChI is InChI=1S/C23H30ClN3O3/c1-15-6-8-17(9-7-15)19-20(24)25-21(22(29)26(19)5)27-12-10-16(11-13-27)14-18(28)30-23(2,3)4/h6-9,16H,10-14H2,1-5H3. The predicted molar refractivity (Wildman–Crippen MR) is 120 cm³/mol. The van der Waals surface area contributed by atoms with Gasteiger partial charge in [-0.25, -0.2) is 4.98 Å². The highest BCUT2D eigenvalue weighted by Gasteiger charge is 2.27. The number of nitrogens with zero attached hydrogens (tertiary/aromatic N) is 3. The highest BCUT2D eigenvalue weighted by atomic mass is 35.5. The molecule has 0 radical (unpaired) electrons. The van der Waals surface area contributed by atoms with Gasteiger partial charge in [0.1, 0.15) is 5.60 Å². The van der Waals surface area contributed by atoms with E-state index in [1.165, 1.54) is 0 Å². The molecule has 1 aromatic heterocycles. The van der Waals surface area contributed by atoms with E-state index in [-0.39, 0.29) is 17.4 Å². The van der Waals surface area contributed by atoms with Crippen molar-refractivity contribution < 1.29 is 9.53 Å². The zero-order valence-corrected chi connectivity index (χ0v) is 19.1. The highest BCUT2D eigenvalue weighted by Crippen LogP contribution is 2.29. The fraction of sp³-hybridized carbons (Fsp3) is 0.522. The van der Waals surface area contributed by atoms with Gasteiger partial charge in [-0.2, -0.15) is 0 Å². The zero-order valence-electron chi connectivity index (χ0n) is 18.4. The van der Waals surface area contributed by atoms with E-state index in [1.807, 2.05) is 56.9 Å². The number of rotatable bonds is 4. The largest absolute Gasteiger partial charge is 0.460 e. The van der Waals surface area contributed by atoms with Crippen LogP contribution in [-0.2, 0) is 16.6 Å². The van der Waals surface area contributed by atoms with Gasteiger partial charge in [0.05, 0.1) is 5.69 Å². The molecule has 0 spiro atoms. The molecule has 30 heavy (non-hydrogen) atoms. The van der Waals surface area contributed by atoms with Crippen LogP contribution in [0.25, 0.3) is 11.3 Å². The van der Waals surface area contributed by atoms with Crippen molar-refractivity contribution in [2.24, 2.45) is 13.0 Å². The lowest BCUT2D eigenvalue weighted by molar-refractivity contribution is -0.156. The summed E-state index contributed by atoms with van der Waals surface area (Å²) in [6, 6.07) is 7.86. The van der Waals surface area contributed by atoms with Gasteiger partial charge in [-0.15, -0.1) is 0 Å². The number of ether oxygens (including phenoxy) is 1. The van der Waals surface area contributed by atoms with Crippen LogP contribution in [0.1, 0.15) is 45.6 Å². The van der Waals surface area contributed by atoms with Gasteiger partial charge < -0.3 is 14.2 Å². The van der Waals surface area contributed by atoms with Crippen molar-refractivity contribution in [3.8, 4) is 11.3 Å². The second-order valence-electron chi connectivity index (χ2n) is 9.03. The maximum absolute atomic E-state index is 13.0. The first kappa shape index (κ1) is 22.3. The van der Waals surface area contributed by atoms with Crippen LogP contribution in [0, 0.1) is 12.8 Å². The van der Waals surface area contributed by atoms with Crippen molar-refractivity contribution in [1.82, 2.24) is 9.55 Å². The second kappa shape index (κ2) is 8.80. The van der Waals surface area contributed by atoms with Gasteiger partial charge in [0.25, 0.3) is 5.56 Å². The van der Waals surface area contributed by atoms with Crippen LogP contribution in [0.4, 0.5) is 5.82 Å². The Balaban J connectivity index is 1.73. The van der Waals surface area contributed by atoms with E-state index in [1.54, 1.807) is 11.6 Å². The van der Waals surface area contributed by atoms with E-state index in [0.717, 1.165) is 24.0 Å². The Hall–Kier alpha value is -2.34. The molecule has 7 heteroatoms. The number of esters is 1. The summed E-state index contributed by atoms with van der Waals surface area (Å²) < 4.78 is 7.00. The fourth-order valence-electron chi connectivity index (χ4n) is 3.78. The van der Waals surface area contributed by atoms with E-state index >= 15 is 0 Å². The third-order valence-electron chi connectivity index (χ3n) is 5.35. The van der Waals surface area contributed by atoms with Crippen LogP contribution in [0.5, 0.6) is 0 Å². The molecule has 0 atom stereocenters. The first-order chi connectivity index (χ1) is 14.0. The number of carbonyl (C=O) groups is 1. The van der Waals surface area contributed by atoms with E-state index in [0.29, 0.717) is 36.2 Å². The van der Waals surface area contributed by atoms with Gasteiger partial charge in [-0.1, -0.05) is 41.4 Å². The lowest BCUT2D eigenvalue weighted by Gasteiger charge is -2.32. The van der Waals surface area contributed by atoms with Gasteiger partial charge in [0.2, 0.25) is 0 Å². The Bertz CT molecular complexity index is 969. The van der Waals surface area contributed by atoms with Crippen molar-refractivity contribution in [3.63, 3.8) is 0 Å². The monoisotopic (exact) mass is 431 g/mol. The van der Waals surface area contributed by atoms with Crippen molar-refractivity contribution in [3.05, 3.63) is 45.3 Å². The Labute approximate surface area is 182 Å². The summed E-state index contributed by atoms with van der Waals surface area (Å²) in [5, 5.41) is 0.312. The fourth-order valence-corrected chi connectivity index (χ4v) is 4.10. The topological polar surface area (TPSA) is 64.4 Å². The molecular weight excluding hydrogens is 402 g/mol. The number of carbonyl (C=O) groups excluding carboxylic acids is 1. The third-order valence-corrected chi connectivity index (χ3v) is 5.61. The summed E-state index contributed by atoms with van der Waals surface area (Å²) in [4.78, 5) is 31.5. The molecule has 162 valence electrons. The molecule has 0 N–H and O–H groups in total. The van der Waals surface area contributed by atoms with E-state index in [2.05, 4.69) is 4.98 Å². The molecule has 3 rings (SSSR count). The molecule has 1 aliphatic heterocycles. The van der Waals surface area contributed by atoms with Crippen LogP contribution in [-0.4, -0.2) is 34.2 Å². The molecule has 6 nitrogen and oxygen atoms in total. The quantitative estimate of drug-likeness (QED) is 0.673. The van der Waals surface area contributed by atoms with Gasteiger partial charge >= 0.3 is 5.97 Å². The zero-order chi connectivity index (χ0) is 22.1. The Morgan fingerprint density at radius 2 is 1.80 bits per heavy atom. The number of hydrogen-bond donors (Lipinski definition) is 0. The molecule has 1 aromatic carbocycles. The van der Waals surface area contributed by atoms with Crippen molar-refractivity contribution >= 4 is 23.4 Å². The summed E-state index contributed by atoms with van der Waals surface area (Å²) >= 11 is 6.50. The minimum Gasteiger partial charge on any atom is -0.460 e. The number of aryl methyl sites for hydroxylation is 1. The maximum atomic E-state index is 13.0. The lowest BCUT2D eigenvalue weighted by Crippen LogP contribution is -2.40. The first-order valence-corrected chi connectivity index (χ1v) is 10.7. The van der Waals surface area contributed by atoms with Crippen LogP contribution >= 0.6 is 11.6 Å². The summed E-state index contributed by atoms with van der Waals surface area (Å²) in [6.45, 7) is 8.96. The number of hydrogen-bond acceptors (Lipinski definition) is 5. The predicted octanol–water partition coefficient (Wildman–Crippen LogP) is 4.36. The Morgan fingerprint density at radius 1 is 1.20 bits per heavy atom. The highest BCUT2D eigenvalue weighted by molar-refractivity contribution is 6.32. The Kier molecular flexibility index (Phi) is 6.56. The van der Waals surface area contributed by atoms with Gasteiger partial charge in [-0.3, -0.25) is 9.59 Å². The first-order valence-electron chi connectivity index (χ1n) is 10.4. The molecule has 2 heterocycles. The summed E-state index contributed by atoms with van der Waals surface area (Å²) in [5.41, 5.74) is 1.98. The SMILES string of the molecule is Cc1ccc(-c2c(Cl)nc(N3CCC(CC(=O)OC(C)(C)C)CC3)c(=O)n2C)cc1. The Morgan fingerprint density at radius 3 is 2.37 bits per heavy atom. The van der Waals surface area contributed by atoms with Crippen LogP contribution in [0.3, 0.4) is 0 Å². The lowest BCUT2D eigenvalue weighted by atomic mass is 9.93. The van der Waals surface area contributed by atoms with Gasteiger partial charge in [-0.05, 0) is 46.5 Å². The summed E-state index contributed by atoms with van der Waals surface area (Å²) in [6.07, 6.45) is 2.02. The smallest absolute Gasteiger partial charge is 0.306 e. The molecule has 2 aromatic rings. The van der Waals surface area contributed by atoms with Crippen molar-refractivity contribution in [1.29, 1.82) is 0 Å². The van der Waals surface area contributed by atoms with Crippen molar-refractivity contribution in [2.45, 2.75) is 52.6 Å². The average Bonchev–Trinajstić information content (AvgIpc) is 2.65. The second-order valence-corrected chi connectivity index (χ2v) is 9.38. The summed E-state index contributed by atoms with van der Waals surface area (Å²) in [7, 11) is 1.73. The summed E-state index contributed by atoms with van der Waals surface area (Å²) in [5.74, 6) is 0.455. The van der Waals surface area contributed by atoms with Crippen LogP contribution in [0.2, 0.25) is 5.15 Å². The maximum Gasteiger partial charge on any atom is 0.306 e. The minimum atomic E-state index is -0.468. The van der Waals surface area contributed by atoms with Crippen LogP contribution < -0.4 is 10.5 Å². The van der Waals surface area contributed by atoms with Gasteiger partial charge in [0.15, 0.2) is 11.0 Å². The van der Waals surface area contributed by atoms with Gasteiger partial charge in [0, 0.05) is 32.1 Å². The molecule has 0 bridgehead atoms. The number of anilines is 1. The van der Waals surface area contributed by atoms with Crippen molar-refractivity contribution in [2.75, 3.05) is 18.0 Å². The molecule has 1 fully saturated rings.